The summed E-state index contributed by atoms with van der Waals surface area (Å²) in [6.45, 7) is 0.302. The van der Waals surface area contributed by atoms with Crippen LogP contribution >= 0.6 is 11.3 Å². The Bertz CT molecular complexity index is 1860. The van der Waals surface area contributed by atoms with Crippen molar-refractivity contribution in [1.29, 1.82) is 0 Å². The minimum atomic E-state index is -2.69. The average molecular weight is 550 g/mol. The van der Waals surface area contributed by atoms with Crippen molar-refractivity contribution in [2.45, 2.75) is 18.9 Å². The molecule has 0 bridgehead atoms. The van der Waals surface area contributed by atoms with Gasteiger partial charge in [-0.2, -0.15) is 9.49 Å². The highest BCUT2D eigenvalue weighted by atomic mass is 32.1. The molecule has 196 valence electrons. The number of nitrogens with zero attached hydrogens (tertiary/aromatic N) is 5. The number of likely N-dealkylation sites (tertiary alicyclic amines) is 1. The second-order valence-corrected chi connectivity index (χ2v) is 10.6. The quantitative estimate of drug-likeness (QED) is 0.243. The smallest absolute Gasteiger partial charge is 0.261 e. The molecule has 1 saturated heterocycles. The Balaban J connectivity index is 1.28. The molecule has 6 aromatic rings. The first kappa shape index (κ1) is 23.9. The van der Waals surface area contributed by atoms with Crippen LogP contribution < -0.4 is 0 Å². The SMILES string of the molecule is Fc1ccc(-c2ccnc3nc(-c4n[nH]c5ccc(-c6cncc(CN7CCC(F)(F)C7)c6)c(F)c45)[nH]c23)s1. The first-order valence-corrected chi connectivity index (χ1v) is 13.0. The third kappa shape index (κ3) is 4.25. The summed E-state index contributed by atoms with van der Waals surface area (Å²) in [4.78, 5) is 18.7. The van der Waals surface area contributed by atoms with E-state index >= 15 is 4.39 Å². The predicted octanol–water partition coefficient (Wildman–Crippen LogP) is 6.41. The summed E-state index contributed by atoms with van der Waals surface area (Å²) in [6.07, 6.45) is 4.57. The molecule has 0 spiro atoms. The third-order valence-corrected chi connectivity index (χ3v) is 7.79. The number of aromatic amines is 2. The number of pyridine rings is 2. The molecule has 5 aromatic heterocycles. The second-order valence-electron chi connectivity index (χ2n) is 9.57. The largest absolute Gasteiger partial charge is 0.335 e. The van der Waals surface area contributed by atoms with E-state index in [0.717, 1.165) is 22.5 Å². The summed E-state index contributed by atoms with van der Waals surface area (Å²) in [5.74, 6) is -2.89. The number of fused-ring (bicyclic) bond motifs is 2. The van der Waals surface area contributed by atoms with Crippen molar-refractivity contribution in [3.8, 4) is 33.1 Å². The zero-order valence-electron chi connectivity index (χ0n) is 20.2. The Labute approximate surface area is 222 Å². The van der Waals surface area contributed by atoms with Gasteiger partial charge in [0.05, 0.1) is 23.0 Å². The van der Waals surface area contributed by atoms with Crippen LogP contribution in [0, 0.1) is 10.9 Å². The average Bonchev–Trinajstić information content (AvgIpc) is 3.70. The highest BCUT2D eigenvalue weighted by Crippen LogP contribution is 2.36. The minimum absolute atomic E-state index is 0.169. The van der Waals surface area contributed by atoms with Crippen LogP contribution in [0.3, 0.4) is 0 Å². The highest BCUT2D eigenvalue weighted by molar-refractivity contribution is 7.14. The van der Waals surface area contributed by atoms with Crippen molar-refractivity contribution < 1.29 is 17.6 Å². The molecular formula is C27H19F4N7S. The molecule has 0 unspecified atom stereocenters. The van der Waals surface area contributed by atoms with Gasteiger partial charge in [0.2, 0.25) is 0 Å². The van der Waals surface area contributed by atoms with Gasteiger partial charge >= 0.3 is 0 Å². The molecule has 2 N–H and O–H groups in total. The number of aromatic nitrogens is 6. The summed E-state index contributed by atoms with van der Waals surface area (Å²) in [6, 6.07) is 9.96. The number of hydrogen-bond donors (Lipinski definition) is 2. The molecule has 1 fully saturated rings. The van der Waals surface area contributed by atoms with Crippen LogP contribution in [0.4, 0.5) is 17.6 Å². The van der Waals surface area contributed by atoms with E-state index in [0.29, 0.717) is 51.6 Å². The molecule has 1 aliphatic heterocycles. The summed E-state index contributed by atoms with van der Waals surface area (Å²) in [5.41, 5.74) is 4.01. The standard InChI is InChI=1S/C27H19F4N7S/c28-20-4-3-19(39-20)17-5-7-33-25-23(17)34-26(35-25)24-21-18(36-37-24)2-1-16(22(21)29)15-9-14(10-32-11-15)12-38-8-6-27(30,31)13-38/h1-5,7,9-11H,6,8,12-13H2,(H,36,37)(H,33,34,35). The third-order valence-electron chi connectivity index (χ3n) is 6.88. The van der Waals surface area contributed by atoms with Gasteiger partial charge in [-0.3, -0.25) is 15.0 Å². The first-order chi connectivity index (χ1) is 18.8. The van der Waals surface area contributed by atoms with Gasteiger partial charge in [0.1, 0.15) is 11.5 Å². The minimum Gasteiger partial charge on any atom is -0.335 e. The van der Waals surface area contributed by atoms with Crippen molar-refractivity contribution in [3.63, 3.8) is 0 Å². The number of rotatable bonds is 5. The molecule has 6 heterocycles. The van der Waals surface area contributed by atoms with Crippen LogP contribution in [-0.4, -0.2) is 54.0 Å². The number of nitrogens with one attached hydrogen (secondary N) is 2. The zero-order chi connectivity index (χ0) is 26.7. The molecule has 0 radical (unpaired) electrons. The number of hydrogen-bond acceptors (Lipinski definition) is 6. The molecule has 0 amide bonds. The summed E-state index contributed by atoms with van der Waals surface area (Å²) < 4.78 is 57.0. The first-order valence-electron chi connectivity index (χ1n) is 12.2. The van der Waals surface area contributed by atoms with E-state index in [9.17, 15) is 13.2 Å². The second kappa shape index (κ2) is 8.95. The number of halogens is 4. The van der Waals surface area contributed by atoms with E-state index in [-0.39, 0.29) is 29.2 Å². The van der Waals surface area contributed by atoms with Gasteiger partial charge in [-0.25, -0.2) is 23.1 Å². The van der Waals surface area contributed by atoms with E-state index in [2.05, 4.69) is 30.1 Å². The van der Waals surface area contributed by atoms with E-state index in [1.165, 1.54) is 6.07 Å². The van der Waals surface area contributed by atoms with Gasteiger partial charge in [-0.05, 0) is 42.0 Å². The van der Waals surface area contributed by atoms with Gasteiger partial charge in [-0.1, -0.05) is 0 Å². The number of alkyl halides is 2. The molecule has 0 aliphatic carbocycles. The van der Waals surface area contributed by atoms with Gasteiger partial charge in [0.15, 0.2) is 16.6 Å². The molecule has 1 aromatic carbocycles. The predicted molar refractivity (Wildman–Crippen MR) is 140 cm³/mol. The highest BCUT2D eigenvalue weighted by Gasteiger charge is 2.38. The van der Waals surface area contributed by atoms with Gasteiger partial charge < -0.3 is 4.98 Å². The van der Waals surface area contributed by atoms with E-state index in [4.69, 9.17) is 0 Å². The van der Waals surface area contributed by atoms with E-state index in [1.54, 1.807) is 53.8 Å². The van der Waals surface area contributed by atoms with Crippen LogP contribution in [0.2, 0.25) is 0 Å². The number of thiophene rings is 1. The number of benzene rings is 1. The summed E-state index contributed by atoms with van der Waals surface area (Å²) in [5, 5.41) is 7.11. The van der Waals surface area contributed by atoms with Crippen molar-refractivity contribution in [3.05, 3.63) is 71.5 Å². The van der Waals surface area contributed by atoms with Crippen molar-refractivity contribution in [2.75, 3.05) is 13.1 Å². The maximum Gasteiger partial charge on any atom is 0.261 e. The van der Waals surface area contributed by atoms with E-state index in [1.807, 2.05) is 0 Å². The molecule has 7 rings (SSSR count). The van der Waals surface area contributed by atoms with Crippen LogP contribution in [0.25, 0.3) is 55.2 Å². The lowest BCUT2D eigenvalue weighted by molar-refractivity contribution is 0.0115. The van der Waals surface area contributed by atoms with E-state index < -0.39 is 11.7 Å². The Hall–Kier alpha value is -4.16. The fraction of sp³-hybridized carbons (Fsp3) is 0.185. The van der Waals surface area contributed by atoms with Crippen molar-refractivity contribution in [2.24, 2.45) is 0 Å². The maximum atomic E-state index is 16.1. The molecule has 0 saturated carbocycles. The van der Waals surface area contributed by atoms with Crippen LogP contribution in [0.5, 0.6) is 0 Å². The Kier molecular flexibility index (Phi) is 5.49. The summed E-state index contributed by atoms with van der Waals surface area (Å²) in [7, 11) is 0. The topological polar surface area (TPSA) is 86.4 Å². The van der Waals surface area contributed by atoms with Crippen LogP contribution in [0.1, 0.15) is 12.0 Å². The molecule has 1 aliphatic rings. The Morgan fingerprint density at radius 3 is 2.74 bits per heavy atom. The zero-order valence-corrected chi connectivity index (χ0v) is 21.0. The molecule has 7 nitrogen and oxygen atoms in total. The van der Waals surface area contributed by atoms with Crippen LogP contribution in [-0.2, 0) is 6.54 Å². The number of H-pyrrole nitrogens is 2. The van der Waals surface area contributed by atoms with Gasteiger partial charge in [-0.15, -0.1) is 11.3 Å². The summed E-state index contributed by atoms with van der Waals surface area (Å²) >= 11 is 1.01. The monoisotopic (exact) mass is 549 g/mol. The fourth-order valence-electron chi connectivity index (χ4n) is 5.08. The Morgan fingerprint density at radius 1 is 1.05 bits per heavy atom. The van der Waals surface area contributed by atoms with Gasteiger partial charge in [0.25, 0.3) is 5.92 Å². The molecule has 12 heteroatoms. The van der Waals surface area contributed by atoms with Crippen LogP contribution in [0.15, 0.2) is 55.0 Å². The molecular weight excluding hydrogens is 530 g/mol. The maximum absolute atomic E-state index is 16.1. The molecule has 0 atom stereocenters. The van der Waals surface area contributed by atoms with Gasteiger partial charge in [0, 0.05) is 59.7 Å². The van der Waals surface area contributed by atoms with Crippen molar-refractivity contribution in [1.82, 2.24) is 35.0 Å². The molecule has 39 heavy (non-hydrogen) atoms. The lowest BCUT2D eigenvalue weighted by Gasteiger charge is -2.16. The Morgan fingerprint density at radius 2 is 1.95 bits per heavy atom. The number of imidazole rings is 1. The normalized spacial score (nSPS) is 15.6. The fourth-order valence-corrected chi connectivity index (χ4v) is 5.84. The van der Waals surface area contributed by atoms with Crippen molar-refractivity contribution >= 4 is 33.4 Å². The lowest BCUT2D eigenvalue weighted by Crippen LogP contribution is -2.24. The lowest BCUT2D eigenvalue weighted by atomic mass is 10.0.